The van der Waals surface area contributed by atoms with Crippen molar-refractivity contribution in [2.24, 2.45) is 0 Å². The van der Waals surface area contributed by atoms with E-state index in [1.54, 1.807) is 0 Å². The number of hydrogen-bond acceptors (Lipinski definition) is 7. The average molecular weight is 445 g/mol. The molecule has 7 nitrogen and oxygen atoms in total. The zero-order chi connectivity index (χ0) is 23.2. The first kappa shape index (κ1) is 29.4. The van der Waals surface area contributed by atoms with Gasteiger partial charge in [-0.25, -0.2) is 0 Å². The lowest BCUT2D eigenvalue weighted by Gasteiger charge is -2.18. The molecular weight excluding hydrogens is 400 g/mol. The zero-order valence-corrected chi connectivity index (χ0v) is 20.0. The molecule has 0 heterocycles. The van der Waals surface area contributed by atoms with Crippen molar-refractivity contribution in [3.63, 3.8) is 0 Å². The van der Waals surface area contributed by atoms with Crippen LogP contribution in [-0.2, 0) is 33.3 Å². The summed E-state index contributed by atoms with van der Waals surface area (Å²) in [7, 11) is 0. The predicted octanol–water partition coefficient (Wildman–Crippen LogP) is 5.48. The molecule has 0 aliphatic heterocycles. The summed E-state index contributed by atoms with van der Waals surface area (Å²) in [4.78, 5) is 34.8. The maximum atomic E-state index is 11.9. The van der Waals surface area contributed by atoms with Gasteiger partial charge in [0.1, 0.15) is 19.3 Å². The standard InChI is InChI=1S/C24H44O7/c1-4-6-8-10-12-14-16-23(26)28-18-22(31-20-30-21(3)25)19-29-24(27)17-15-13-11-9-7-5-2/h22H,4-20H2,1-3H3. The first-order valence-electron chi connectivity index (χ1n) is 12.1. The van der Waals surface area contributed by atoms with Crippen molar-refractivity contribution in [2.75, 3.05) is 20.0 Å². The molecule has 0 aromatic heterocycles. The maximum absolute atomic E-state index is 11.9. The van der Waals surface area contributed by atoms with Gasteiger partial charge < -0.3 is 18.9 Å². The van der Waals surface area contributed by atoms with Gasteiger partial charge >= 0.3 is 17.9 Å². The lowest BCUT2D eigenvalue weighted by atomic mass is 10.1. The van der Waals surface area contributed by atoms with Crippen LogP contribution in [0.25, 0.3) is 0 Å². The third-order valence-corrected chi connectivity index (χ3v) is 4.90. The van der Waals surface area contributed by atoms with E-state index in [0.29, 0.717) is 12.8 Å². The number of carbonyl (C=O) groups is 3. The Morgan fingerprint density at radius 2 is 1.03 bits per heavy atom. The predicted molar refractivity (Wildman–Crippen MR) is 119 cm³/mol. The number of rotatable bonds is 21. The Balaban J connectivity index is 4.11. The molecule has 0 aliphatic rings. The van der Waals surface area contributed by atoms with Crippen molar-refractivity contribution in [2.45, 2.75) is 117 Å². The second-order valence-corrected chi connectivity index (χ2v) is 7.94. The first-order valence-corrected chi connectivity index (χ1v) is 12.1. The fourth-order valence-electron chi connectivity index (χ4n) is 2.97. The molecule has 0 radical (unpaired) electrons. The number of esters is 3. The average Bonchev–Trinajstić information content (AvgIpc) is 2.74. The van der Waals surface area contributed by atoms with Crippen LogP contribution in [0, 0.1) is 0 Å². The van der Waals surface area contributed by atoms with Gasteiger partial charge in [-0.1, -0.05) is 78.1 Å². The molecule has 0 saturated carbocycles. The number of carbonyl (C=O) groups excluding carboxylic acids is 3. The van der Waals surface area contributed by atoms with E-state index < -0.39 is 12.1 Å². The Morgan fingerprint density at radius 1 is 0.613 bits per heavy atom. The second-order valence-electron chi connectivity index (χ2n) is 7.94. The summed E-state index contributed by atoms with van der Waals surface area (Å²) in [6, 6.07) is 0. The van der Waals surface area contributed by atoms with Gasteiger partial charge in [-0.3, -0.25) is 14.4 Å². The maximum Gasteiger partial charge on any atom is 0.305 e. The minimum atomic E-state index is -0.665. The molecule has 0 aromatic rings. The Bertz CT molecular complexity index is 433. The van der Waals surface area contributed by atoms with Crippen molar-refractivity contribution < 1.29 is 33.3 Å². The van der Waals surface area contributed by atoms with Crippen molar-refractivity contribution in [3.05, 3.63) is 0 Å². The van der Waals surface area contributed by atoms with Crippen LogP contribution < -0.4 is 0 Å². The van der Waals surface area contributed by atoms with Crippen LogP contribution in [0.15, 0.2) is 0 Å². The normalized spacial score (nSPS) is 10.8. The third-order valence-electron chi connectivity index (χ3n) is 4.90. The van der Waals surface area contributed by atoms with E-state index in [-0.39, 0.29) is 31.9 Å². The molecule has 31 heavy (non-hydrogen) atoms. The van der Waals surface area contributed by atoms with Crippen LogP contribution in [0.5, 0.6) is 0 Å². The molecule has 7 heteroatoms. The molecule has 0 spiro atoms. The lowest BCUT2D eigenvalue weighted by Crippen LogP contribution is -2.29. The van der Waals surface area contributed by atoms with Crippen molar-refractivity contribution in [3.8, 4) is 0 Å². The smallest absolute Gasteiger partial charge is 0.305 e. The van der Waals surface area contributed by atoms with Crippen LogP contribution >= 0.6 is 0 Å². The number of ether oxygens (including phenoxy) is 4. The molecule has 0 aliphatic carbocycles. The van der Waals surface area contributed by atoms with E-state index in [0.717, 1.165) is 38.5 Å². The van der Waals surface area contributed by atoms with E-state index in [1.807, 2.05) is 0 Å². The molecule has 0 saturated heterocycles. The molecule has 0 bridgehead atoms. The summed E-state index contributed by atoms with van der Waals surface area (Å²) in [5.41, 5.74) is 0. The highest BCUT2D eigenvalue weighted by molar-refractivity contribution is 5.69. The SMILES string of the molecule is CCCCCCCCC(=O)OCC(COC(=O)CCCCCCCC)OCOC(C)=O. The molecule has 182 valence electrons. The van der Waals surface area contributed by atoms with Crippen LogP contribution in [-0.4, -0.2) is 44.0 Å². The Morgan fingerprint density at radius 3 is 1.45 bits per heavy atom. The summed E-state index contributed by atoms with van der Waals surface area (Å²) in [5, 5.41) is 0. The molecular formula is C24H44O7. The van der Waals surface area contributed by atoms with Crippen LogP contribution in [0.4, 0.5) is 0 Å². The monoisotopic (exact) mass is 444 g/mol. The minimum Gasteiger partial charge on any atom is -0.463 e. The Hall–Kier alpha value is -1.63. The highest BCUT2D eigenvalue weighted by Gasteiger charge is 2.16. The van der Waals surface area contributed by atoms with E-state index in [9.17, 15) is 14.4 Å². The van der Waals surface area contributed by atoms with Crippen molar-refractivity contribution >= 4 is 17.9 Å². The molecule has 0 rings (SSSR count). The van der Waals surface area contributed by atoms with Crippen LogP contribution in [0.3, 0.4) is 0 Å². The number of hydrogen-bond donors (Lipinski definition) is 0. The first-order chi connectivity index (χ1) is 15.0. The summed E-state index contributed by atoms with van der Waals surface area (Å²) >= 11 is 0. The molecule has 0 fully saturated rings. The summed E-state index contributed by atoms with van der Waals surface area (Å²) < 4.78 is 20.7. The van der Waals surface area contributed by atoms with Gasteiger partial charge in [-0.15, -0.1) is 0 Å². The van der Waals surface area contributed by atoms with Gasteiger partial charge in [-0.2, -0.15) is 0 Å². The van der Waals surface area contributed by atoms with Crippen LogP contribution in [0.1, 0.15) is 111 Å². The molecule has 0 amide bonds. The van der Waals surface area contributed by atoms with Crippen molar-refractivity contribution in [1.29, 1.82) is 0 Å². The van der Waals surface area contributed by atoms with Gasteiger partial charge in [0.25, 0.3) is 0 Å². The minimum absolute atomic E-state index is 0.0414. The van der Waals surface area contributed by atoms with Gasteiger partial charge in [-0.05, 0) is 12.8 Å². The largest absolute Gasteiger partial charge is 0.463 e. The quantitative estimate of drug-likeness (QED) is 0.100. The second kappa shape index (κ2) is 21.6. The number of unbranched alkanes of at least 4 members (excludes halogenated alkanes) is 10. The van der Waals surface area contributed by atoms with E-state index in [4.69, 9.17) is 18.9 Å². The van der Waals surface area contributed by atoms with Gasteiger partial charge in [0.05, 0.1) is 0 Å². The topological polar surface area (TPSA) is 88.1 Å². The summed E-state index contributed by atoms with van der Waals surface area (Å²) in [6.45, 7) is 5.26. The Labute approximate surface area is 188 Å². The van der Waals surface area contributed by atoms with Gasteiger partial charge in [0.15, 0.2) is 6.79 Å². The fourth-order valence-corrected chi connectivity index (χ4v) is 2.97. The Kier molecular flexibility index (Phi) is 20.5. The summed E-state index contributed by atoms with van der Waals surface area (Å²) in [5.74, 6) is -1.07. The highest BCUT2D eigenvalue weighted by atomic mass is 16.7. The van der Waals surface area contributed by atoms with Crippen molar-refractivity contribution in [1.82, 2.24) is 0 Å². The van der Waals surface area contributed by atoms with E-state index in [2.05, 4.69) is 13.8 Å². The van der Waals surface area contributed by atoms with Crippen LogP contribution in [0.2, 0.25) is 0 Å². The molecule has 0 N–H and O–H groups in total. The summed E-state index contributed by atoms with van der Waals surface area (Å²) in [6.07, 6.45) is 13.2. The third kappa shape index (κ3) is 21.4. The highest BCUT2D eigenvalue weighted by Crippen LogP contribution is 2.09. The molecule has 0 unspecified atom stereocenters. The lowest BCUT2D eigenvalue weighted by molar-refractivity contribution is -0.174. The molecule has 0 atom stereocenters. The fraction of sp³-hybridized carbons (Fsp3) is 0.875. The molecule has 0 aromatic carbocycles. The van der Waals surface area contributed by atoms with E-state index in [1.165, 1.54) is 45.4 Å². The zero-order valence-electron chi connectivity index (χ0n) is 20.0. The van der Waals surface area contributed by atoms with Gasteiger partial charge in [0, 0.05) is 19.8 Å². The van der Waals surface area contributed by atoms with Gasteiger partial charge in [0.2, 0.25) is 0 Å². The van der Waals surface area contributed by atoms with E-state index >= 15 is 0 Å².